The van der Waals surface area contributed by atoms with Gasteiger partial charge in [-0.1, -0.05) is 23.2 Å². The molecular formula is C14H11Cl2F3N2O4S. The van der Waals surface area contributed by atoms with Crippen LogP contribution in [0, 0.1) is 0 Å². The Morgan fingerprint density at radius 3 is 2.38 bits per heavy atom. The fourth-order valence-electron chi connectivity index (χ4n) is 2.70. The molecule has 0 bridgehead atoms. The van der Waals surface area contributed by atoms with Gasteiger partial charge in [0.1, 0.15) is 10.8 Å². The van der Waals surface area contributed by atoms with Gasteiger partial charge in [0.2, 0.25) is 5.88 Å². The maximum Gasteiger partial charge on any atom is 0.534 e. The van der Waals surface area contributed by atoms with Crippen LogP contribution in [0.4, 0.5) is 13.2 Å². The van der Waals surface area contributed by atoms with E-state index in [-0.39, 0.29) is 33.4 Å². The Balaban J connectivity index is 2.30. The molecule has 0 saturated carbocycles. The summed E-state index contributed by atoms with van der Waals surface area (Å²) in [5.74, 6) is -0.406. The summed E-state index contributed by atoms with van der Waals surface area (Å²) in [7, 11) is -2.78. The standard InChI is InChI=1S/C14H11Cl2F3N2O4S/c1-21-4-7-6-3-9(24-2)10(15)11(16)12(6)20-13(8(7)5-21)25-26(22,23)14(17,18)19/h3H,4-5H2,1-2H3. The Hall–Kier alpha value is -1.49. The van der Waals surface area contributed by atoms with Crippen molar-refractivity contribution in [2.75, 3.05) is 14.2 Å². The van der Waals surface area contributed by atoms with Gasteiger partial charge in [0.05, 0.1) is 17.6 Å². The highest BCUT2D eigenvalue weighted by Gasteiger charge is 2.49. The first-order chi connectivity index (χ1) is 12.0. The number of ether oxygens (including phenoxy) is 1. The van der Waals surface area contributed by atoms with Crippen LogP contribution in [0.15, 0.2) is 6.07 Å². The first-order valence-corrected chi connectivity index (χ1v) is 9.19. The van der Waals surface area contributed by atoms with Gasteiger partial charge in [0.25, 0.3) is 0 Å². The zero-order chi connectivity index (χ0) is 19.4. The summed E-state index contributed by atoms with van der Waals surface area (Å²) in [5.41, 5.74) is -4.78. The summed E-state index contributed by atoms with van der Waals surface area (Å²) in [6.45, 7) is 0.488. The molecule has 0 atom stereocenters. The molecule has 142 valence electrons. The molecule has 1 aromatic heterocycles. The van der Waals surface area contributed by atoms with E-state index in [1.165, 1.54) is 7.11 Å². The van der Waals surface area contributed by atoms with Gasteiger partial charge in [-0.15, -0.1) is 0 Å². The van der Waals surface area contributed by atoms with E-state index in [1.807, 2.05) is 0 Å². The first kappa shape index (κ1) is 19.3. The van der Waals surface area contributed by atoms with E-state index in [2.05, 4.69) is 9.17 Å². The largest absolute Gasteiger partial charge is 0.534 e. The van der Waals surface area contributed by atoms with Gasteiger partial charge in [-0.2, -0.15) is 21.6 Å². The first-order valence-electron chi connectivity index (χ1n) is 7.03. The fourth-order valence-corrected chi connectivity index (χ4v) is 3.60. The third-order valence-electron chi connectivity index (χ3n) is 3.86. The monoisotopic (exact) mass is 430 g/mol. The summed E-state index contributed by atoms with van der Waals surface area (Å²) in [4.78, 5) is 5.67. The second kappa shape index (κ2) is 6.29. The summed E-state index contributed by atoms with van der Waals surface area (Å²) in [5, 5.41) is 0.421. The number of benzene rings is 1. The van der Waals surface area contributed by atoms with Gasteiger partial charge in [-0.25, -0.2) is 4.98 Å². The van der Waals surface area contributed by atoms with E-state index in [1.54, 1.807) is 18.0 Å². The Kier molecular flexibility index (Phi) is 4.67. The molecule has 6 nitrogen and oxygen atoms in total. The zero-order valence-corrected chi connectivity index (χ0v) is 15.6. The Bertz CT molecular complexity index is 1010. The van der Waals surface area contributed by atoms with Crippen LogP contribution < -0.4 is 8.92 Å². The third kappa shape index (κ3) is 3.04. The van der Waals surface area contributed by atoms with Crippen molar-refractivity contribution in [1.29, 1.82) is 0 Å². The number of halogens is 5. The van der Waals surface area contributed by atoms with Crippen LogP contribution in [0.25, 0.3) is 10.9 Å². The van der Waals surface area contributed by atoms with Gasteiger partial charge in [-0.05, 0) is 18.7 Å². The van der Waals surface area contributed by atoms with Crippen LogP contribution in [0.2, 0.25) is 10.0 Å². The lowest BCUT2D eigenvalue weighted by molar-refractivity contribution is -0.0501. The SMILES string of the molecule is COc1cc2c3c(c(OS(=O)(=O)C(F)(F)F)nc2c(Cl)c1Cl)CN(C)C3. The number of pyridine rings is 1. The molecule has 0 fully saturated rings. The Morgan fingerprint density at radius 1 is 1.19 bits per heavy atom. The third-order valence-corrected chi connectivity index (χ3v) is 5.64. The van der Waals surface area contributed by atoms with Crippen molar-refractivity contribution in [3.05, 3.63) is 27.2 Å². The molecule has 2 aromatic rings. The van der Waals surface area contributed by atoms with Crippen LogP contribution in [0.3, 0.4) is 0 Å². The number of alkyl halides is 3. The highest BCUT2D eigenvalue weighted by Crippen LogP contribution is 2.43. The molecule has 0 aliphatic carbocycles. The van der Waals surface area contributed by atoms with Crippen molar-refractivity contribution in [3.8, 4) is 11.6 Å². The van der Waals surface area contributed by atoms with Crippen LogP contribution in [-0.2, 0) is 23.2 Å². The molecule has 1 aliphatic rings. The smallest absolute Gasteiger partial charge is 0.495 e. The number of hydrogen-bond acceptors (Lipinski definition) is 6. The van der Waals surface area contributed by atoms with Gasteiger partial charge >= 0.3 is 15.6 Å². The van der Waals surface area contributed by atoms with Crippen molar-refractivity contribution >= 4 is 44.2 Å². The Morgan fingerprint density at radius 2 is 1.81 bits per heavy atom. The second-order valence-electron chi connectivity index (χ2n) is 5.63. The Labute approximate surface area is 156 Å². The van der Waals surface area contributed by atoms with Gasteiger partial charge in [-0.3, -0.25) is 4.90 Å². The molecule has 12 heteroatoms. The number of rotatable bonds is 3. The van der Waals surface area contributed by atoms with Crippen molar-refractivity contribution in [2.45, 2.75) is 18.6 Å². The van der Waals surface area contributed by atoms with E-state index in [9.17, 15) is 21.6 Å². The summed E-state index contributed by atoms with van der Waals surface area (Å²) in [6, 6.07) is 1.55. The minimum absolute atomic E-state index is 0.00472. The topological polar surface area (TPSA) is 68.7 Å². The van der Waals surface area contributed by atoms with Crippen molar-refractivity contribution < 1.29 is 30.5 Å². The van der Waals surface area contributed by atoms with Crippen molar-refractivity contribution in [2.24, 2.45) is 0 Å². The molecule has 0 unspecified atom stereocenters. The normalized spacial score (nSPS) is 15.3. The predicted octanol–water partition coefficient (Wildman–Crippen LogP) is 3.72. The van der Waals surface area contributed by atoms with Gasteiger partial charge < -0.3 is 8.92 Å². The van der Waals surface area contributed by atoms with E-state index in [0.29, 0.717) is 17.5 Å². The molecule has 2 heterocycles. The quantitative estimate of drug-likeness (QED) is 0.545. The highest BCUT2D eigenvalue weighted by molar-refractivity contribution is 7.87. The van der Waals surface area contributed by atoms with E-state index >= 15 is 0 Å². The average molecular weight is 431 g/mol. The van der Waals surface area contributed by atoms with Crippen LogP contribution in [-0.4, -0.2) is 38.0 Å². The molecule has 0 radical (unpaired) electrons. The molecule has 26 heavy (non-hydrogen) atoms. The van der Waals surface area contributed by atoms with Crippen LogP contribution in [0.1, 0.15) is 11.1 Å². The molecule has 0 saturated heterocycles. The number of aromatic nitrogens is 1. The molecule has 1 aromatic carbocycles. The lowest BCUT2D eigenvalue weighted by Gasteiger charge is -2.15. The van der Waals surface area contributed by atoms with Crippen molar-refractivity contribution in [3.63, 3.8) is 0 Å². The lowest BCUT2D eigenvalue weighted by Crippen LogP contribution is -2.28. The van der Waals surface area contributed by atoms with Crippen LogP contribution in [0.5, 0.6) is 11.6 Å². The maximum atomic E-state index is 12.7. The van der Waals surface area contributed by atoms with Crippen molar-refractivity contribution in [1.82, 2.24) is 9.88 Å². The summed E-state index contributed by atoms with van der Waals surface area (Å²) >= 11 is 12.2. The van der Waals surface area contributed by atoms with Gasteiger partial charge in [0, 0.05) is 24.0 Å². The lowest BCUT2D eigenvalue weighted by atomic mass is 10.1. The molecule has 0 N–H and O–H groups in total. The minimum atomic E-state index is -5.88. The second-order valence-corrected chi connectivity index (χ2v) is 7.93. The number of methoxy groups -OCH3 is 1. The molecular weight excluding hydrogens is 420 g/mol. The highest BCUT2D eigenvalue weighted by atomic mass is 35.5. The summed E-state index contributed by atoms with van der Waals surface area (Å²) in [6.07, 6.45) is 0. The molecule has 0 spiro atoms. The van der Waals surface area contributed by atoms with Gasteiger partial charge in [0.15, 0.2) is 0 Å². The predicted molar refractivity (Wildman–Crippen MR) is 89.1 cm³/mol. The number of nitrogens with zero attached hydrogens (tertiary/aromatic N) is 2. The molecule has 0 amide bonds. The number of fused-ring (bicyclic) bond motifs is 3. The fraction of sp³-hybridized carbons (Fsp3) is 0.357. The maximum absolute atomic E-state index is 12.7. The van der Waals surface area contributed by atoms with E-state index in [0.717, 1.165) is 0 Å². The molecule has 1 aliphatic heterocycles. The average Bonchev–Trinajstić information content (AvgIpc) is 2.92. The summed E-state index contributed by atoms with van der Waals surface area (Å²) < 4.78 is 70.3. The van der Waals surface area contributed by atoms with E-state index < -0.39 is 21.5 Å². The van der Waals surface area contributed by atoms with E-state index in [4.69, 9.17) is 27.9 Å². The number of hydrogen-bond donors (Lipinski definition) is 0. The minimum Gasteiger partial charge on any atom is -0.495 e. The zero-order valence-electron chi connectivity index (χ0n) is 13.3. The molecule has 3 rings (SSSR count). The van der Waals surface area contributed by atoms with Crippen LogP contribution >= 0.6 is 23.2 Å².